The number of rotatable bonds is 4. The summed E-state index contributed by atoms with van der Waals surface area (Å²) < 4.78 is 2.10. The van der Waals surface area contributed by atoms with E-state index in [1.807, 2.05) is 0 Å². The first kappa shape index (κ1) is 12.6. The summed E-state index contributed by atoms with van der Waals surface area (Å²) in [7, 11) is 0. The third kappa shape index (κ3) is 3.56. The molecule has 1 heterocycles. The van der Waals surface area contributed by atoms with Gasteiger partial charge in [0.2, 0.25) is 0 Å². The molecule has 0 saturated heterocycles. The minimum absolute atomic E-state index is 0.739. The SMILES string of the molecule is Cc1cc(C)n(CCNC2CCC(C)CC2)n1. The highest BCUT2D eigenvalue weighted by Crippen LogP contribution is 2.23. The van der Waals surface area contributed by atoms with Crippen molar-refractivity contribution in [2.24, 2.45) is 5.92 Å². The molecule has 1 aromatic rings. The maximum absolute atomic E-state index is 4.48. The molecule has 1 aliphatic carbocycles. The maximum Gasteiger partial charge on any atom is 0.0596 e. The van der Waals surface area contributed by atoms with Gasteiger partial charge in [0.15, 0.2) is 0 Å². The average molecular weight is 235 g/mol. The fourth-order valence-corrected chi connectivity index (χ4v) is 2.74. The molecule has 0 amide bonds. The van der Waals surface area contributed by atoms with Gasteiger partial charge in [-0.1, -0.05) is 6.92 Å². The lowest BCUT2D eigenvalue weighted by Crippen LogP contribution is -2.35. The second kappa shape index (κ2) is 5.67. The molecule has 0 radical (unpaired) electrons. The molecular formula is C14H25N3. The largest absolute Gasteiger partial charge is 0.312 e. The minimum Gasteiger partial charge on any atom is -0.312 e. The van der Waals surface area contributed by atoms with Gasteiger partial charge in [-0.2, -0.15) is 5.10 Å². The van der Waals surface area contributed by atoms with E-state index in [0.29, 0.717) is 0 Å². The number of aromatic nitrogens is 2. The molecule has 1 aromatic heterocycles. The van der Waals surface area contributed by atoms with Crippen molar-refractivity contribution in [2.75, 3.05) is 6.54 Å². The monoisotopic (exact) mass is 235 g/mol. The molecule has 0 spiro atoms. The van der Waals surface area contributed by atoms with Crippen molar-refractivity contribution in [1.29, 1.82) is 0 Å². The summed E-state index contributed by atoms with van der Waals surface area (Å²) in [6.45, 7) is 8.58. The Hall–Kier alpha value is -0.830. The van der Waals surface area contributed by atoms with Crippen molar-refractivity contribution in [2.45, 2.75) is 59.0 Å². The second-order valence-corrected chi connectivity index (χ2v) is 5.56. The second-order valence-electron chi connectivity index (χ2n) is 5.56. The number of hydrogen-bond donors (Lipinski definition) is 1. The summed E-state index contributed by atoms with van der Waals surface area (Å²) in [6, 6.07) is 2.88. The Labute approximate surface area is 105 Å². The molecular weight excluding hydrogens is 210 g/mol. The zero-order valence-corrected chi connectivity index (χ0v) is 11.4. The number of hydrogen-bond acceptors (Lipinski definition) is 2. The first-order chi connectivity index (χ1) is 8.15. The van der Waals surface area contributed by atoms with Crippen LogP contribution in [0.1, 0.15) is 44.0 Å². The molecule has 0 atom stereocenters. The van der Waals surface area contributed by atoms with Crippen molar-refractivity contribution >= 4 is 0 Å². The van der Waals surface area contributed by atoms with Gasteiger partial charge in [0.05, 0.1) is 12.2 Å². The van der Waals surface area contributed by atoms with Gasteiger partial charge in [0.25, 0.3) is 0 Å². The van der Waals surface area contributed by atoms with Crippen LogP contribution in [0.25, 0.3) is 0 Å². The molecule has 1 fully saturated rings. The summed E-state index contributed by atoms with van der Waals surface area (Å²) in [5.74, 6) is 0.934. The summed E-state index contributed by atoms with van der Waals surface area (Å²) in [5, 5.41) is 8.15. The van der Waals surface area contributed by atoms with E-state index in [-0.39, 0.29) is 0 Å². The third-order valence-corrected chi connectivity index (χ3v) is 3.88. The highest BCUT2D eigenvalue weighted by atomic mass is 15.3. The maximum atomic E-state index is 4.48. The first-order valence-corrected chi connectivity index (χ1v) is 6.89. The normalized spacial score (nSPS) is 25.1. The van der Waals surface area contributed by atoms with Crippen molar-refractivity contribution in [1.82, 2.24) is 15.1 Å². The number of nitrogens with zero attached hydrogens (tertiary/aromatic N) is 2. The molecule has 1 saturated carbocycles. The van der Waals surface area contributed by atoms with Gasteiger partial charge in [0, 0.05) is 18.3 Å². The van der Waals surface area contributed by atoms with E-state index in [9.17, 15) is 0 Å². The third-order valence-electron chi connectivity index (χ3n) is 3.88. The topological polar surface area (TPSA) is 29.9 Å². The predicted octanol–water partition coefficient (Wildman–Crippen LogP) is 2.67. The van der Waals surface area contributed by atoms with E-state index in [1.165, 1.54) is 31.4 Å². The van der Waals surface area contributed by atoms with Crippen LogP contribution >= 0.6 is 0 Å². The first-order valence-electron chi connectivity index (χ1n) is 6.89. The van der Waals surface area contributed by atoms with E-state index in [1.54, 1.807) is 0 Å². The Morgan fingerprint density at radius 2 is 2.00 bits per heavy atom. The van der Waals surface area contributed by atoms with E-state index in [4.69, 9.17) is 0 Å². The highest BCUT2D eigenvalue weighted by molar-refractivity contribution is 5.06. The standard InChI is InChI=1S/C14H25N3/c1-11-4-6-14(7-5-11)15-8-9-17-13(3)10-12(2)16-17/h10-11,14-15H,4-9H2,1-3H3. The molecule has 1 N–H and O–H groups in total. The van der Waals surface area contributed by atoms with Crippen molar-refractivity contribution < 1.29 is 0 Å². The molecule has 3 nitrogen and oxygen atoms in total. The highest BCUT2D eigenvalue weighted by Gasteiger charge is 2.17. The average Bonchev–Trinajstić information content (AvgIpc) is 2.60. The van der Waals surface area contributed by atoms with Crippen molar-refractivity contribution in [3.8, 4) is 0 Å². The molecule has 0 aliphatic heterocycles. The fraction of sp³-hybridized carbons (Fsp3) is 0.786. The quantitative estimate of drug-likeness (QED) is 0.869. The Balaban J connectivity index is 1.71. The lowest BCUT2D eigenvalue weighted by molar-refractivity contribution is 0.303. The van der Waals surface area contributed by atoms with Gasteiger partial charge in [-0.25, -0.2) is 0 Å². The van der Waals surface area contributed by atoms with Crippen molar-refractivity contribution in [3.05, 3.63) is 17.5 Å². The van der Waals surface area contributed by atoms with E-state index in [2.05, 4.69) is 41.9 Å². The molecule has 0 unspecified atom stereocenters. The zero-order valence-electron chi connectivity index (χ0n) is 11.4. The van der Waals surface area contributed by atoms with Gasteiger partial charge < -0.3 is 5.32 Å². The number of nitrogens with one attached hydrogen (secondary N) is 1. The van der Waals surface area contributed by atoms with E-state index < -0.39 is 0 Å². The van der Waals surface area contributed by atoms with E-state index in [0.717, 1.165) is 30.7 Å². The molecule has 3 heteroatoms. The van der Waals surface area contributed by atoms with Crippen LogP contribution in [-0.4, -0.2) is 22.4 Å². The summed E-state index contributed by atoms with van der Waals surface area (Å²) >= 11 is 0. The summed E-state index contributed by atoms with van der Waals surface area (Å²) in [6.07, 6.45) is 5.46. The Morgan fingerprint density at radius 1 is 1.29 bits per heavy atom. The lowest BCUT2D eigenvalue weighted by atomic mass is 9.87. The van der Waals surface area contributed by atoms with Crippen LogP contribution in [0.4, 0.5) is 0 Å². The van der Waals surface area contributed by atoms with Crippen LogP contribution in [0.2, 0.25) is 0 Å². The van der Waals surface area contributed by atoms with Crippen LogP contribution in [0, 0.1) is 19.8 Å². The fourth-order valence-electron chi connectivity index (χ4n) is 2.74. The molecule has 0 bridgehead atoms. The van der Waals surface area contributed by atoms with Crippen LogP contribution in [0.5, 0.6) is 0 Å². The van der Waals surface area contributed by atoms with Gasteiger partial charge in [-0.05, 0) is 51.5 Å². The van der Waals surface area contributed by atoms with E-state index >= 15 is 0 Å². The van der Waals surface area contributed by atoms with Crippen LogP contribution in [-0.2, 0) is 6.54 Å². The summed E-state index contributed by atoms with van der Waals surface area (Å²) in [4.78, 5) is 0. The molecule has 96 valence electrons. The predicted molar refractivity (Wildman–Crippen MR) is 71.1 cm³/mol. The van der Waals surface area contributed by atoms with Gasteiger partial charge in [-0.3, -0.25) is 4.68 Å². The Kier molecular flexibility index (Phi) is 4.21. The molecule has 2 rings (SSSR count). The lowest BCUT2D eigenvalue weighted by Gasteiger charge is -2.27. The van der Waals surface area contributed by atoms with Crippen LogP contribution in [0.15, 0.2) is 6.07 Å². The minimum atomic E-state index is 0.739. The smallest absolute Gasteiger partial charge is 0.0596 e. The molecule has 0 aromatic carbocycles. The zero-order chi connectivity index (χ0) is 12.3. The van der Waals surface area contributed by atoms with Gasteiger partial charge in [0.1, 0.15) is 0 Å². The van der Waals surface area contributed by atoms with Gasteiger partial charge in [-0.15, -0.1) is 0 Å². The molecule has 1 aliphatic rings. The van der Waals surface area contributed by atoms with Crippen LogP contribution < -0.4 is 5.32 Å². The van der Waals surface area contributed by atoms with Crippen molar-refractivity contribution in [3.63, 3.8) is 0 Å². The Morgan fingerprint density at radius 3 is 2.59 bits per heavy atom. The Bertz CT molecular complexity index is 348. The van der Waals surface area contributed by atoms with Crippen LogP contribution in [0.3, 0.4) is 0 Å². The number of aryl methyl sites for hydroxylation is 2. The van der Waals surface area contributed by atoms with Gasteiger partial charge >= 0.3 is 0 Å². The summed E-state index contributed by atoms with van der Waals surface area (Å²) in [5.41, 5.74) is 2.38. The molecule has 17 heavy (non-hydrogen) atoms.